The summed E-state index contributed by atoms with van der Waals surface area (Å²) < 4.78 is 39.7. The lowest BCUT2D eigenvalue weighted by molar-refractivity contribution is -0.137. The first kappa shape index (κ1) is 30.2. The highest BCUT2D eigenvalue weighted by molar-refractivity contribution is 6.33. The van der Waals surface area contributed by atoms with Gasteiger partial charge in [0.1, 0.15) is 0 Å². The quantitative estimate of drug-likeness (QED) is 0.341. The van der Waals surface area contributed by atoms with E-state index in [0.29, 0.717) is 37.1 Å². The molecule has 2 aliphatic heterocycles. The maximum atomic E-state index is 13.6. The molecule has 2 heterocycles. The molecule has 1 atom stereocenters. The molecule has 6 rings (SSSR count). The van der Waals surface area contributed by atoms with E-state index in [0.717, 1.165) is 68.2 Å². The molecule has 10 heteroatoms. The summed E-state index contributed by atoms with van der Waals surface area (Å²) in [7, 11) is 0. The van der Waals surface area contributed by atoms with Crippen LogP contribution in [0.25, 0.3) is 0 Å². The third-order valence-electron chi connectivity index (χ3n) is 9.45. The highest BCUT2D eigenvalue weighted by Gasteiger charge is 2.42. The van der Waals surface area contributed by atoms with Crippen molar-refractivity contribution in [1.82, 2.24) is 15.1 Å². The molecule has 1 spiro atoms. The third-order valence-corrected chi connectivity index (χ3v) is 9.78. The van der Waals surface area contributed by atoms with E-state index in [1.54, 1.807) is 0 Å². The molecule has 3 aliphatic rings. The second kappa shape index (κ2) is 11.9. The van der Waals surface area contributed by atoms with E-state index in [9.17, 15) is 22.8 Å². The lowest BCUT2D eigenvalue weighted by Crippen LogP contribution is -2.42. The highest BCUT2D eigenvalue weighted by atomic mass is 35.5. The summed E-state index contributed by atoms with van der Waals surface area (Å²) in [5, 5.41) is 11.8. The van der Waals surface area contributed by atoms with Gasteiger partial charge in [0.25, 0.3) is 11.8 Å². The van der Waals surface area contributed by atoms with Gasteiger partial charge < -0.3 is 10.2 Å². The van der Waals surface area contributed by atoms with Crippen molar-refractivity contribution in [2.45, 2.75) is 50.9 Å². The fourth-order valence-corrected chi connectivity index (χ4v) is 7.03. The molecule has 0 bridgehead atoms. The lowest BCUT2D eigenvalue weighted by atomic mass is 9.77. The molecule has 3 aromatic rings. The molecule has 228 valence electrons. The number of rotatable bonds is 5. The molecule has 3 aromatic carbocycles. The van der Waals surface area contributed by atoms with Crippen LogP contribution < -0.4 is 5.32 Å². The van der Waals surface area contributed by atoms with E-state index in [-0.39, 0.29) is 21.9 Å². The number of amides is 2. The molecule has 1 unspecified atom stereocenters. The number of hydrogen-bond acceptors (Lipinski definition) is 4. The molecular weight excluding hydrogens is 589 g/mol. The zero-order chi connectivity index (χ0) is 31.1. The first-order chi connectivity index (χ1) is 21.0. The average molecular weight is 621 g/mol. The van der Waals surface area contributed by atoms with Crippen LogP contribution in [0, 0.1) is 16.7 Å². The molecule has 6 nitrogen and oxygen atoms in total. The van der Waals surface area contributed by atoms with Gasteiger partial charge in [-0.25, -0.2) is 0 Å². The summed E-state index contributed by atoms with van der Waals surface area (Å²) in [6, 6.07) is 17.7. The van der Waals surface area contributed by atoms with Gasteiger partial charge in [0.05, 0.1) is 33.8 Å². The highest BCUT2D eigenvalue weighted by Crippen LogP contribution is 2.41. The van der Waals surface area contributed by atoms with Crippen molar-refractivity contribution in [3.8, 4) is 6.07 Å². The molecule has 2 amide bonds. The van der Waals surface area contributed by atoms with Gasteiger partial charge in [0.2, 0.25) is 0 Å². The largest absolute Gasteiger partial charge is 0.416 e. The number of benzene rings is 3. The van der Waals surface area contributed by atoms with Crippen LogP contribution in [-0.4, -0.2) is 47.8 Å². The van der Waals surface area contributed by atoms with E-state index in [4.69, 9.17) is 16.9 Å². The fraction of sp³-hybridized carbons (Fsp3) is 0.382. The van der Waals surface area contributed by atoms with Crippen molar-refractivity contribution in [2.24, 2.45) is 5.41 Å². The molecule has 1 N–H and O–H groups in total. The minimum atomic E-state index is -4.59. The molecule has 0 saturated carbocycles. The molecular formula is C34H32ClF3N4O2. The molecule has 2 saturated heterocycles. The van der Waals surface area contributed by atoms with E-state index in [2.05, 4.69) is 16.3 Å². The second-order valence-corrected chi connectivity index (χ2v) is 12.6. The Morgan fingerprint density at radius 3 is 2.43 bits per heavy atom. The predicted octanol–water partition coefficient (Wildman–Crippen LogP) is 6.78. The van der Waals surface area contributed by atoms with Gasteiger partial charge >= 0.3 is 6.18 Å². The van der Waals surface area contributed by atoms with Gasteiger partial charge in [-0.15, -0.1) is 0 Å². The molecule has 0 radical (unpaired) electrons. The number of likely N-dealkylation sites (tertiary alicyclic amines) is 2. The van der Waals surface area contributed by atoms with Crippen LogP contribution in [0.3, 0.4) is 0 Å². The van der Waals surface area contributed by atoms with E-state index >= 15 is 0 Å². The van der Waals surface area contributed by atoms with Crippen LogP contribution in [0.4, 0.5) is 13.2 Å². The van der Waals surface area contributed by atoms with Crippen molar-refractivity contribution < 1.29 is 22.8 Å². The van der Waals surface area contributed by atoms with E-state index < -0.39 is 23.7 Å². The topological polar surface area (TPSA) is 76.4 Å². The zero-order valence-electron chi connectivity index (χ0n) is 24.1. The number of piperidine rings is 1. The first-order valence-corrected chi connectivity index (χ1v) is 15.2. The number of fused-ring (bicyclic) bond motifs is 1. The van der Waals surface area contributed by atoms with Gasteiger partial charge in [0, 0.05) is 25.2 Å². The summed E-state index contributed by atoms with van der Waals surface area (Å²) in [5.41, 5.74) is 3.16. The summed E-state index contributed by atoms with van der Waals surface area (Å²) in [6.07, 6.45) is -0.318. The van der Waals surface area contributed by atoms with Crippen LogP contribution in [0.1, 0.15) is 80.3 Å². The summed E-state index contributed by atoms with van der Waals surface area (Å²) >= 11 is 6.09. The average Bonchev–Trinajstić information content (AvgIpc) is 3.62. The monoisotopic (exact) mass is 620 g/mol. The summed E-state index contributed by atoms with van der Waals surface area (Å²) in [4.78, 5) is 31.0. The Labute approximate surface area is 259 Å². The number of carbonyl (C=O) groups excluding carboxylic acids is 2. The van der Waals surface area contributed by atoms with Crippen LogP contribution in [0.15, 0.2) is 60.7 Å². The maximum Gasteiger partial charge on any atom is 0.416 e. The first-order valence-electron chi connectivity index (χ1n) is 14.8. The Kier molecular flexibility index (Phi) is 8.16. The van der Waals surface area contributed by atoms with E-state index in [1.807, 2.05) is 47.4 Å². The van der Waals surface area contributed by atoms with Crippen LogP contribution in [0.5, 0.6) is 0 Å². The van der Waals surface area contributed by atoms with E-state index in [1.165, 1.54) is 5.56 Å². The predicted molar refractivity (Wildman–Crippen MR) is 160 cm³/mol. The van der Waals surface area contributed by atoms with Crippen LogP contribution >= 0.6 is 11.6 Å². The number of aryl methyl sites for hydroxylation is 1. The molecule has 2 fully saturated rings. The molecule has 0 aromatic heterocycles. The van der Waals surface area contributed by atoms with Gasteiger partial charge in [-0.05, 0) is 110 Å². The Morgan fingerprint density at radius 1 is 1.00 bits per heavy atom. The Balaban J connectivity index is 1.08. The third kappa shape index (κ3) is 6.19. The summed E-state index contributed by atoms with van der Waals surface area (Å²) in [5.74, 6) is -0.717. The van der Waals surface area contributed by atoms with Crippen molar-refractivity contribution in [1.29, 1.82) is 5.26 Å². The van der Waals surface area contributed by atoms with Crippen molar-refractivity contribution in [3.05, 3.63) is 105 Å². The van der Waals surface area contributed by atoms with Gasteiger partial charge in [-0.1, -0.05) is 29.8 Å². The van der Waals surface area contributed by atoms with Crippen molar-refractivity contribution in [2.75, 3.05) is 26.2 Å². The van der Waals surface area contributed by atoms with Gasteiger partial charge in [-0.3, -0.25) is 14.5 Å². The SMILES string of the molecule is N#Cc1ccc(CN2CCC3(CC2)CCN(C(=O)c2ccc4c(c2)C(NC(=O)c2cc(C(F)(F)F)ccc2Cl)CC4)C3)cc1. The Morgan fingerprint density at radius 2 is 1.73 bits per heavy atom. The van der Waals surface area contributed by atoms with Crippen LogP contribution in [-0.2, 0) is 19.1 Å². The lowest BCUT2D eigenvalue weighted by Gasteiger charge is -2.39. The van der Waals surface area contributed by atoms with Gasteiger partial charge in [0.15, 0.2) is 0 Å². The van der Waals surface area contributed by atoms with Crippen LogP contribution in [0.2, 0.25) is 5.02 Å². The second-order valence-electron chi connectivity index (χ2n) is 12.2. The van der Waals surface area contributed by atoms with Gasteiger partial charge in [-0.2, -0.15) is 18.4 Å². The number of halogens is 4. The van der Waals surface area contributed by atoms with Crippen molar-refractivity contribution in [3.63, 3.8) is 0 Å². The fourth-order valence-electron chi connectivity index (χ4n) is 6.82. The molecule has 1 aliphatic carbocycles. The number of carbonyl (C=O) groups is 2. The number of hydrogen-bond donors (Lipinski definition) is 1. The number of alkyl halides is 3. The standard InChI is InChI=1S/C34H32ClF3N4O2/c35-29-9-8-26(34(36,37)38)18-28(29)31(43)40-30-10-7-24-5-6-25(17-27(24)30)32(44)42-16-13-33(21-42)11-14-41(15-12-33)20-23-3-1-22(19-39)2-4-23/h1-6,8-9,17-18,30H,7,10-16,20-21H2,(H,40,43). The smallest absolute Gasteiger partial charge is 0.345 e. The number of nitrogens with zero attached hydrogens (tertiary/aromatic N) is 3. The van der Waals surface area contributed by atoms with Crippen molar-refractivity contribution >= 4 is 23.4 Å². The number of nitriles is 1. The Bertz CT molecular complexity index is 1620. The summed E-state index contributed by atoms with van der Waals surface area (Å²) in [6.45, 7) is 4.16. The molecule has 44 heavy (non-hydrogen) atoms. The normalized spacial score (nSPS) is 19.5. The Hall–Kier alpha value is -3.87. The minimum absolute atomic E-state index is 0.0393. The minimum Gasteiger partial charge on any atom is -0.345 e. The maximum absolute atomic E-state index is 13.6. The zero-order valence-corrected chi connectivity index (χ0v) is 24.8. The number of nitrogens with one attached hydrogen (secondary N) is 1.